The predicted octanol–water partition coefficient (Wildman–Crippen LogP) is 2.01. The van der Waals surface area contributed by atoms with Crippen LogP contribution in [0.5, 0.6) is 0 Å². The minimum Gasteiger partial charge on any atom is -0.481 e. The number of carboxylic acid groups (broad SMARTS) is 1. The van der Waals surface area contributed by atoms with Gasteiger partial charge in [-0.2, -0.15) is 0 Å². The van der Waals surface area contributed by atoms with Gasteiger partial charge in [-0.15, -0.1) is 0 Å². The molecule has 82 valence electrons. The van der Waals surface area contributed by atoms with Crippen LogP contribution in [0.4, 0.5) is 0 Å². The number of hydrogen-bond acceptors (Lipinski definition) is 2. The third-order valence-corrected chi connectivity index (χ3v) is 2.30. The molecule has 16 heavy (non-hydrogen) atoms. The Balaban J connectivity index is 2.36. The molecule has 0 amide bonds. The molecule has 2 aromatic rings. The van der Waals surface area contributed by atoms with Crippen molar-refractivity contribution < 1.29 is 9.90 Å². The first-order chi connectivity index (χ1) is 7.66. The van der Waals surface area contributed by atoms with Gasteiger partial charge in [0.25, 0.3) is 0 Å². The van der Waals surface area contributed by atoms with Crippen LogP contribution < -0.4 is 0 Å². The average Bonchev–Trinajstić information content (AvgIpc) is 2.60. The van der Waals surface area contributed by atoms with Gasteiger partial charge in [-0.3, -0.25) is 4.79 Å². The van der Waals surface area contributed by atoms with Gasteiger partial charge in [-0.1, -0.05) is 30.3 Å². The van der Waals surface area contributed by atoms with Crippen molar-refractivity contribution in [2.24, 2.45) is 0 Å². The Kier molecular flexibility index (Phi) is 2.72. The number of carboxylic acids is 1. The number of benzene rings is 1. The average molecular weight is 216 g/mol. The standard InChI is InChI=1S/C12H12N2O2/c1-8-12(9-5-3-2-4-6-9)14-10(13-8)7-11(15)16/h2-6H,7H2,1H3,(H,13,14)(H,15,16). The van der Waals surface area contributed by atoms with Crippen molar-refractivity contribution in [3.05, 3.63) is 41.9 Å². The molecule has 0 aliphatic rings. The van der Waals surface area contributed by atoms with Gasteiger partial charge in [-0.25, -0.2) is 4.98 Å². The molecule has 0 atom stereocenters. The second-order valence-corrected chi connectivity index (χ2v) is 3.59. The summed E-state index contributed by atoms with van der Waals surface area (Å²) in [5.41, 5.74) is 2.70. The summed E-state index contributed by atoms with van der Waals surface area (Å²) in [5.74, 6) is -0.391. The zero-order valence-electron chi connectivity index (χ0n) is 8.90. The minimum absolute atomic E-state index is 0.0757. The first-order valence-electron chi connectivity index (χ1n) is 4.99. The summed E-state index contributed by atoms with van der Waals surface area (Å²) in [6, 6.07) is 9.70. The van der Waals surface area contributed by atoms with Gasteiger partial charge in [0.1, 0.15) is 12.2 Å². The number of aryl methyl sites for hydroxylation is 1. The molecule has 0 saturated heterocycles. The Morgan fingerprint density at radius 2 is 2.06 bits per heavy atom. The molecule has 0 spiro atoms. The molecular formula is C12H12N2O2. The topological polar surface area (TPSA) is 66.0 Å². The lowest BCUT2D eigenvalue weighted by Crippen LogP contribution is -2.01. The Morgan fingerprint density at radius 3 is 2.69 bits per heavy atom. The number of H-pyrrole nitrogens is 1. The third kappa shape index (κ3) is 2.11. The van der Waals surface area contributed by atoms with E-state index in [0.717, 1.165) is 17.0 Å². The minimum atomic E-state index is -0.881. The predicted molar refractivity (Wildman–Crippen MR) is 60.1 cm³/mol. The maximum Gasteiger partial charge on any atom is 0.311 e. The summed E-state index contributed by atoms with van der Waals surface area (Å²) < 4.78 is 0. The molecule has 1 aromatic heterocycles. The van der Waals surface area contributed by atoms with Crippen molar-refractivity contribution in [2.75, 3.05) is 0 Å². The van der Waals surface area contributed by atoms with Crippen molar-refractivity contribution in [1.29, 1.82) is 0 Å². The lowest BCUT2D eigenvalue weighted by atomic mass is 10.1. The van der Waals surface area contributed by atoms with E-state index in [1.165, 1.54) is 0 Å². The summed E-state index contributed by atoms with van der Waals surface area (Å²) >= 11 is 0. The molecule has 1 heterocycles. The van der Waals surface area contributed by atoms with Crippen molar-refractivity contribution >= 4 is 5.97 Å². The van der Waals surface area contributed by atoms with Crippen LogP contribution in [0.2, 0.25) is 0 Å². The zero-order chi connectivity index (χ0) is 11.5. The van der Waals surface area contributed by atoms with Crippen molar-refractivity contribution in [3.8, 4) is 11.3 Å². The highest BCUT2D eigenvalue weighted by molar-refractivity contribution is 5.70. The van der Waals surface area contributed by atoms with E-state index in [1.807, 2.05) is 37.3 Å². The highest BCUT2D eigenvalue weighted by Crippen LogP contribution is 2.20. The highest BCUT2D eigenvalue weighted by atomic mass is 16.4. The van der Waals surface area contributed by atoms with Gasteiger partial charge in [0, 0.05) is 11.3 Å². The first-order valence-corrected chi connectivity index (χ1v) is 4.99. The summed E-state index contributed by atoms with van der Waals surface area (Å²) in [7, 11) is 0. The largest absolute Gasteiger partial charge is 0.481 e. The summed E-state index contributed by atoms with van der Waals surface area (Å²) in [6.07, 6.45) is -0.0757. The third-order valence-electron chi connectivity index (χ3n) is 2.30. The van der Waals surface area contributed by atoms with Crippen LogP contribution in [0.1, 0.15) is 11.5 Å². The molecule has 4 heteroatoms. The zero-order valence-corrected chi connectivity index (χ0v) is 8.90. The van der Waals surface area contributed by atoms with Gasteiger partial charge in [0.05, 0.1) is 5.69 Å². The molecule has 0 radical (unpaired) electrons. The second kappa shape index (κ2) is 4.18. The second-order valence-electron chi connectivity index (χ2n) is 3.59. The molecule has 0 fully saturated rings. The number of nitrogens with zero attached hydrogens (tertiary/aromatic N) is 1. The molecule has 0 aliphatic carbocycles. The molecule has 2 N–H and O–H groups in total. The number of nitrogens with one attached hydrogen (secondary N) is 1. The molecule has 1 aromatic carbocycles. The SMILES string of the molecule is Cc1[nH]c(CC(=O)O)nc1-c1ccccc1. The van der Waals surface area contributed by atoms with Crippen LogP contribution in [0.25, 0.3) is 11.3 Å². The Labute approximate surface area is 93.0 Å². The Hall–Kier alpha value is -2.10. The molecule has 2 rings (SSSR count). The van der Waals surface area contributed by atoms with Crippen molar-refractivity contribution in [1.82, 2.24) is 9.97 Å². The first kappa shape index (κ1) is 10.4. The number of hydrogen-bond donors (Lipinski definition) is 2. The van der Waals surface area contributed by atoms with Crippen LogP contribution in [-0.4, -0.2) is 21.0 Å². The lowest BCUT2D eigenvalue weighted by Gasteiger charge is -1.96. The van der Waals surface area contributed by atoms with Gasteiger partial charge >= 0.3 is 5.97 Å². The Bertz CT molecular complexity index is 503. The van der Waals surface area contributed by atoms with E-state index >= 15 is 0 Å². The molecule has 0 saturated carbocycles. The molecular weight excluding hydrogens is 204 g/mol. The maximum atomic E-state index is 10.6. The highest BCUT2D eigenvalue weighted by Gasteiger charge is 2.10. The van der Waals surface area contributed by atoms with Gasteiger partial charge in [0.2, 0.25) is 0 Å². The van der Waals surface area contributed by atoms with Crippen LogP contribution >= 0.6 is 0 Å². The van der Waals surface area contributed by atoms with Crippen LogP contribution in [0.3, 0.4) is 0 Å². The molecule has 0 bridgehead atoms. The van der Waals surface area contributed by atoms with E-state index in [-0.39, 0.29) is 6.42 Å². The van der Waals surface area contributed by atoms with E-state index < -0.39 is 5.97 Å². The van der Waals surface area contributed by atoms with E-state index in [2.05, 4.69) is 9.97 Å². The van der Waals surface area contributed by atoms with E-state index in [4.69, 9.17) is 5.11 Å². The fourth-order valence-electron chi connectivity index (χ4n) is 1.63. The van der Waals surface area contributed by atoms with Gasteiger partial charge < -0.3 is 10.1 Å². The summed E-state index contributed by atoms with van der Waals surface area (Å²) in [6.45, 7) is 1.89. The number of rotatable bonds is 3. The van der Waals surface area contributed by atoms with Crippen LogP contribution in [-0.2, 0) is 11.2 Å². The fraction of sp³-hybridized carbons (Fsp3) is 0.167. The lowest BCUT2D eigenvalue weighted by molar-refractivity contribution is -0.136. The number of aromatic amines is 1. The summed E-state index contributed by atoms with van der Waals surface area (Å²) in [5, 5.41) is 8.68. The number of carbonyl (C=O) groups is 1. The number of aliphatic carboxylic acids is 1. The monoisotopic (exact) mass is 216 g/mol. The van der Waals surface area contributed by atoms with E-state index in [0.29, 0.717) is 5.82 Å². The molecule has 0 unspecified atom stereocenters. The Morgan fingerprint density at radius 1 is 1.38 bits per heavy atom. The fourth-order valence-corrected chi connectivity index (χ4v) is 1.63. The van der Waals surface area contributed by atoms with E-state index in [9.17, 15) is 4.79 Å². The molecule has 4 nitrogen and oxygen atoms in total. The quantitative estimate of drug-likeness (QED) is 0.824. The number of aromatic nitrogens is 2. The normalized spacial score (nSPS) is 10.3. The molecule has 0 aliphatic heterocycles. The van der Waals surface area contributed by atoms with Crippen LogP contribution in [0.15, 0.2) is 30.3 Å². The smallest absolute Gasteiger partial charge is 0.311 e. The van der Waals surface area contributed by atoms with Gasteiger partial charge in [-0.05, 0) is 6.92 Å². The van der Waals surface area contributed by atoms with E-state index in [1.54, 1.807) is 0 Å². The van der Waals surface area contributed by atoms with Crippen LogP contribution in [0, 0.1) is 6.92 Å². The van der Waals surface area contributed by atoms with Gasteiger partial charge in [0.15, 0.2) is 0 Å². The van der Waals surface area contributed by atoms with Crippen molar-refractivity contribution in [2.45, 2.75) is 13.3 Å². The summed E-state index contributed by atoms with van der Waals surface area (Å²) in [4.78, 5) is 17.8. The number of imidazole rings is 1. The van der Waals surface area contributed by atoms with Crippen molar-refractivity contribution in [3.63, 3.8) is 0 Å². The maximum absolute atomic E-state index is 10.6.